The molecule has 0 saturated carbocycles. The van der Waals surface area contributed by atoms with Crippen molar-refractivity contribution in [3.63, 3.8) is 0 Å². The number of primary sulfonamides is 1. The van der Waals surface area contributed by atoms with Crippen molar-refractivity contribution in [2.45, 2.75) is 30.8 Å². The molecule has 0 radical (unpaired) electrons. The highest BCUT2D eigenvalue weighted by Gasteiger charge is 2.25. The summed E-state index contributed by atoms with van der Waals surface area (Å²) in [4.78, 5) is 16.5. The first-order valence-corrected chi connectivity index (χ1v) is 8.08. The number of piperidine rings is 1. The number of sulfonamides is 1. The minimum Gasteiger partial charge on any atom is -0.378 e. The molecule has 1 aliphatic heterocycles. The first-order valence-electron chi connectivity index (χ1n) is 6.54. The van der Waals surface area contributed by atoms with Crippen LogP contribution in [0.5, 0.6) is 0 Å². The normalized spacial score (nSPS) is 17.4. The summed E-state index contributed by atoms with van der Waals surface area (Å²) in [6, 6.07) is 1.27. The van der Waals surface area contributed by atoms with E-state index in [2.05, 4.69) is 4.98 Å². The lowest BCUT2D eigenvalue weighted by atomic mass is 10.1. The second kappa shape index (κ2) is 5.94. The number of rotatable bonds is 4. The van der Waals surface area contributed by atoms with Crippen molar-refractivity contribution in [2.24, 2.45) is 5.14 Å². The Balaban J connectivity index is 2.00. The van der Waals surface area contributed by atoms with Crippen LogP contribution < -0.4 is 5.14 Å². The molecule has 1 fully saturated rings. The monoisotopic (exact) mass is 301 g/mol. The Kier molecular flexibility index (Phi) is 4.46. The number of aromatic amines is 1. The molecule has 8 heteroatoms. The Morgan fingerprint density at radius 3 is 2.65 bits per heavy atom. The largest absolute Gasteiger partial charge is 0.378 e. The van der Waals surface area contributed by atoms with Crippen molar-refractivity contribution in [3.05, 3.63) is 18.0 Å². The van der Waals surface area contributed by atoms with Gasteiger partial charge in [-0.05, 0) is 25.8 Å². The maximum atomic E-state index is 12.2. The van der Waals surface area contributed by atoms with Crippen molar-refractivity contribution in [1.82, 2.24) is 9.88 Å². The molecular formula is C12H19N3O4S. The Morgan fingerprint density at radius 2 is 2.15 bits per heavy atom. The third-order valence-electron chi connectivity index (χ3n) is 3.35. The van der Waals surface area contributed by atoms with Gasteiger partial charge < -0.3 is 14.6 Å². The lowest BCUT2D eigenvalue weighted by Gasteiger charge is -2.31. The number of aromatic nitrogens is 1. The number of nitrogens with one attached hydrogen (secondary N) is 1. The first-order chi connectivity index (χ1) is 9.41. The molecule has 3 N–H and O–H groups in total. The van der Waals surface area contributed by atoms with Crippen LogP contribution in [0.4, 0.5) is 0 Å². The molecule has 1 aromatic heterocycles. The molecule has 2 rings (SSSR count). The van der Waals surface area contributed by atoms with Crippen LogP contribution >= 0.6 is 0 Å². The molecule has 7 nitrogen and oxygen atoms in total. The third-order valence-corrected chi connectivity index (χ3v) is 4.24. The fourth-order valence-corrected chi connectivity index (χ4v) is 2.80. The number of nitrogens with two attached hydrogens (primary N) is 1. The zero-order valence-electron chi connectivity index (χ0n) is 11.3. The molecule has 1 aliphatic rings. The SMILES string of the molecule is CCOC1CCN(C(=O)c2cc(S(N)(=O)=O)c[nH]2)CC1. The molecule has 0 aromatic carbocycles. The zero-order valence-corrected chi connectivity index (χ0v) is 12.1. The summed E-state index contributed by atoms with van der Waals surface area (Å²) < 4.78 is 27.9. The van der Waals surface area contributed by atoms with E-state index in [1.807, 2.05) is 6.92 Å². The number of likely N-dealkylation sites (tertiary alicyclic amines) is 1. The highest BCUT2D eigenvalue weighted by Crippen LogP contribution is 2.17. The summed E-state index contributed by atoms with van der Waals surface area (Å²) in [5.74, 6) is -0.213. The molecule has 1 amide bonds. The second-order valence-electron chi connectivity index (χ2n) is 4.74. The van der Waals surface area contributed by atoms with Crippen LogP contribution in [0.15, 0.2) is 17.2 Å². The van der Waals surface area contributed by atoms with Crippen molar-refractivity contribution in [1.29, 1.82) is 0 Å². The van der Waals surface area contributed by atoms with Crippen molar-refractivity contribution < 1.29 is 17.9 Å². The third kappa shape index (κ3) is 3.38. The van der Waals surface area contributed by atoms with Gasteiger partial charge >= 0.3 is 0 Å². The molecule has 0 unspecified atom stereocenters. The van der Waals surface area contributed by atoms with Gasteiger partial charge in [0.2, 0.25) is 10.0 Å². The fourth-order valence-electron chi connectivity index (χ4n) is 2.29. The number of carbonyl (C=O) groups is 1. The van der Waals surface area contributed by atoms with Gasteiger partial charge in [0, 0.05) is 25.9 Å². The number of H-pyrrole nitrogens is 1. The summed E-state index contributed by atoms with van der Waals surface area (Å²) in [6.45, 7) is 3.83. The van der Waals surface area contributed by atoms with Crippen LogP contribution in [0.3, 0.4) is 0 Å². The number of carbonyl (C=O) groups excluding carboxylic acids is 1. The van der Waals surface area contributed by atoms with Crippen LogP contribution in [-0.4, -0.2) is 50.0 Å². The van der Waals surface area contributed by atoms with Crippen LogP contribution in [0.2, 0.25) is 0 Å². The number of hydrogen-bond donors (Lipinski definition) is 2. The van der Waals surface area contributed by atoms with E-state index in [0.717, 1.165) is 12.8 Å². The van der Waals surface area contributed by atoms with Gasteiger partial charge in [-0.2, -0.15) is 0 Å². The lowest BCUT2D eigenvalue weighted by molar-refractivity contribution is 0.0144. The topological polar surface area (TPSA) is 105 Å². The maximum Gasteiger partial charge on any atom is 0.270 e. The first kappa shape index (κ1) is 15.0. The van der Waals surface area contributed by atoms with Gasteiger partial charge in [0.05, 0.1) is 11.0 Å². The lowest BCUT2D eigenvalue weighted by Crippen LogP contribution is -2.41. The Morgan fingerprint density at radius 1 is 1.50 bits per heavy atom. The maximum absolute atomic E-state index is 12.2. The van der Waals surface area contributed by atoms with E-state index in [0.29, 0.717) is 19.7 Å². The van der Waals surface area contributed by atoms with E-state index in [1.54, 1.807) is 4.90 Å². The smallest absolute Gasteiger partial charge is 0.270 e. The standard InChI is InChI=1S/C12H19N3O4S/c1-2-19-9-3-5-15(6-4-9)12(16)11-7-10(8-14-11)20(13,17)18/h7-9,14H,2-6H2,1H3,(H2,13,17,18). The average Bonchev–Trinajstić information content (AvgIpc) is 2.89. The Bertz CT molecular complexity index is 573. The van der Waals surface area contributed by atoms with Crippen molar-refractivity contribution in [3.8, 4) is 0 Å². The number of ether oxygens (including phenoxy) is 1. The zero-order chi connectivity index (χ0) is 14.8. The van der Waals surface area contributed by atoms with E-state index in [4.69, 9.17) is 9.88 Å². The summed E-state index contributed by atoms with van der Waals surface area (Å²) in [6.07, 6.45) is 3.02. The van der Waals surface area contributed by atoms with E-state index in [9.17, 15) is 13.2 Å². The summed E-state index contributed by atoms with van der Waals surface area (Å²) >= 11 is 0. The van der Waals surface area contributed by atoms with E-state index in [1.165, 1.54) is 12.3 Å². The highest BCUT2D eigenvalue weighted by molar-refractivity contribution is 7.89. The minimum absolute atomic E-state index is 0.0787. The molecule has 20 heavy (non-hydrogen) atoms. The number of amides is 1. The second-order valence-corrected chi connectivity index (χ2v) is 6.30. The molecule has 1 saturated heterocycles. The highest BCUT2D eigenvalue weighted by atomic mass is 32.2. The van der Waals surface area contributed by atoms with Gasteiger partial charge in [-0.3, -0.25) is 4.79 Å². The Hall–Kier alpha value is -1.38. The quantitative estimate of drug-likeness (QED) is 0.834. The van der Waals surface area contributed by atoms with Gasteiger partial charge in [0.25, 0.3) is 5.91 Å². The van der Waals surface area contributed by atoms with Crippen molar-refractivity contribution in [2.75, 3.05) is 19.7 Å². The Labute approximate surface area is 118 Å². The summed E-state index contributed by atoms with van der Waals surface area (Å²) in [7, 11) is -3.78. The van der Waals surface area contributed by atoms with Crippen LogP contribution in [0.25, 0.3) is 0 Å². The van der Waals surface area contributed by atoms with Gasteiger partial charge in [-0.15, -0.1) is 0 Å². The van der Waals surface area contributed by atoms with Crippen molar-refractivity contribution >= 4 is 15.9 Å². The van der Waals surface area contributed by atoms with Gasteiger partial charge in [-0.1, -0.05) is 0 Å². The average molecular weight is 301 g/mol. The van der Waals surface area contributed by atoms with E-state index < -0.39 is 10.0 Å². The predicted molar refractivity (Wildman–Crippen MR) is 72.7 cm³/mol. The molecule has 0 atom stereocenters. The molecular weight excluding hydrogens is 282 g/mol. The molecule has 0 bridgehead atoms. The minimum atomic E-state index is -3.78. The molecule has 112 valence electrons. The summed E-state index contributed by atoms with van der Waals surface area (Å²) in [5.41, 5.74) is 0.240. The van der Waals surface area contributed by atoms with E-state index in [-0.39, 0.29) is 22.6 Å². The van der Waals surface area contributed by atoms with Gasteiger partial charge in [0.15, 0.2) is 0 Å². The number of hydrogen-bond acceptors (Lipinski definition) is 4. The molecule has 1 aromatic rings. The number of nitrogens with zero attached hydrogens (tertiary/aromatic N) is 1. The van der Waals surface area contributed by atoms with Gasteiger partial charge in [-0.25, -0.2) is 13.6 Å². The van der Waals surface area contributed by atoms with Crippen LogP contribution in [0.1, 0.15) is 30.3 Å². The predicted octanol–water partition coefficient (Wildman–Crippen LogP) is 0.303. The van der Waals surface area contributed by atoms with E-state index >= 15 is 0 Å². The molecule has 0 spiro atoms. The molecule has 0 aliphatic carbocycles. The molecule has 2 heterocycles. The fraction of sp³-hybridized carbons (Fsp3) is 0.583. The van der Waals surface area contributed by atoms with Gasteiger partial charge in [0.1, 0.15) is 5.69 Å². The van der Waals surface area contributed by atoms with Crippen LogP contribution in [-0.2, 0) is 14.8 Å². The van der Waals surface area contributed by atoms with Crippen LogP contribution in [0, 0.1) is 0 Å². The summed E-state index contributed by atoms with van der Waals surface area (Å²) in [5, 5.41) is 5.01.